The first-order chi connectivity index (χ1) is 8.19. The lowest BCUT2D eigenvalue weighted by molar-refractivity contribution is 0.152. The summed E-state index contributed by atoms with van der Waals surface area (Å²) in [5.74, 6) is 1.01. The third-order valence-corrected chi connectivity index (χ3v) is 2.99. The van der Waals surface area contributed by atoms with Crippen molar-refractivity contribution in [3.05, 3.63) is 12.2 Å². The van der Waals surface area contributed by atoms with Crippen LogP contribution in [0.15, 0.2) is 6.33 Å². The third kappa shape index (κ3) is 3.24. The Bertz CT molecular complexity index is 351. The topological polar surface area (TPSA) is 66.2 Å². The van der Waals surface area contributed by atoms with E-state index in [-0.39, 0.29) is 12.6 Å². The number of fused-ring (bicyclic) bond motifs is 1. The summed E-state index contributed by atoms with van der Waals surface area (Å²) in [7, 11) is 0. The van der Waals surface area contributed by atoms with Gasteiger partial charge < -0.3 is 15.0 Å². The maximum atomic E-state index is 9.34. The summed E-state index contributed by atoms with van der Waals surface area (Å²) in [4.78, 5) is 2.31. The van der Waals surface area contributed by atoms with Crippen LogP contribution < -0.4 is 5.32 Å². The van der Waals surface area contributed by atoms with Gasteiger partial charge in [-0.25, -0.2) is 0 Å². The predicted molar refractivity (Wildman–Crippen MR) is 64.4 cm³/mol. The van der Waals surface area contributed by atoms with Gasteiger partial charge in [-0.1, -0.05) is 13.8 Å². The maximum absolute atomic E-state index is 9.34. The molecule has 0 amide bonds. The van der Waals surface area contributed by atoms with E-state index >= 15 is 0 Å². The zero-order valence-electron chi connectivity index (χ0n) is 10.5. The van der Waals surface area contributed by atoms with E-state index in [9.17, 15) is 5.11 Å². The molecular formula is C11H21N5O. The van der Waals surface area contributed by atoms with Crippen LogP contribution in [0, 0.1) is 0 Å². The first-order valence-electron chi connectivity index (χ1n) is 6.15. The van der Waals surface area contributed by atoms with Gasteiger partial charge in [-0.15, -0.1) is 10.2 Å². The molecule has 17 heavy (non-hydrogen) atoms. The molecule has 0 spiro atoms. The molecule has 0 saturated heterocycles. The Morgan fingerprint density at radius 3 is 3.00 bits per heavy atom. The molecule has 2 rings (SSSR count). The van der Waals surface area contributed by atoms with Gasteiger partial charge in [0.2, 0.25) is 0 Å². The molecule has 1 aromatic heterocycles. The molecule has 0 radical (unpaired) electrons. The zero-order valence-corrected chi connectivity index (χ0v) is 10.5. The molecule has 1 unspecified atom stereocenters. The molecule has 1 aliphatic rings. The van der Waals surface area contributed by atoms with E-state index < -0.39 is 0 Å². The molecule has 0 saturated carbocycles. The SMILES string of the molecule is CC(C)NC(CO)CN1CCn2cnnc2C1. The summed E-state index contributed by atoms with van der Waals surface area (Å²) in [5.41, 5.74) is 0. The van der Waals surface area contributed by atoms with Crippen molar-refractivity contribution in [1.82, 2.24) is 25.0 Å². The molecule has 1 aliphatic heterocycles. The minimum atomic E-state index is 0.129. The van der Waals surface area contributed by atoms with Gasteiger partial charge in [-0.3, -0.25) is 4.90 Å². The fraction of sp³-hybridized carbons (Fsp3) is 0.818. The van der Waals surface area contributed by atoms with Crippen LogP contribution in [0.4, 0.5) is 0 Å². The Kier molecular flexibility index (Phi) is 4.09. The largest absolute Gasteiger partial charge is 0.395 e. The molecule has 96 valence electrons. The number of hydrogen-bond acceptors (Lipinski definition) is 5. The normalized spacial score (nSPS) is 18.4. The van der Waals surface area contributed by atoms with Gasteiger partial charge in [-0.2, -0.15) is 0 Å². The number of nitrogens with one attached hydrogen (secondary N) is 1. The fourth-order valence-electron chi connectivity index (χ4n) is 2.22. The van der Waals surface area contributed by atoms with E-state index in [4.69, 9.17) is 0 Å². The monoisotopic (exact) mass is 239 g/mol. The second-order valence-corrected chi connectivity index (χ2v) is 4.88. The van der Waals surface area contributed by atoms with Crippen molar-refractivity contribution in [2.75, 3.05) is 19.7 Å². The lowest BCUT2D eigenvalue weighted by atomic mass is 10.2. The number of aliphatic hydroxyl groups is 1. The van der Waals surface area contributed by atoms with Gasteiger partial charge in [0.15, 0.2) is 0 Å². The fourth-order valence-corrected chi connectivity index (χ4v) is 2.22. The van der Waals surface area contributed by atoms with Crippen molar-refractivity contribution < 1.29 is 5.11 Å². The molecule has 0 fully saturated rings. The molecule has 2 N–H and O–H groups in total. The van der Waals surface area contributed by atoms with E-state index in [1.54, 1.807) is 6.33 Å². The summed E-state index contributed by atoms with van der Waals surface area (Å²) in [6, 6.07) is 0.519. The highest BCUT2D eigenvalue weighted by atomic mass is 16.3. The number of hydrogen-bond donors (Lipinski definition) is 2. The van der Waals surface area contributed by atoms with E-state index in [1.807, 2.05) is 0 Å². The summed E-state index contributed by atoms with van der Waals surface area (Å²) in [6.07, 6.45) is 1.78. The molecule has 1 atom stereocenters. The van der Waals surface area contributed by atoms with E-state index in [0.717, 1.165) is 32.0 Å². The zero-order chi connectivity index (χ0) is 12.3. The molecule has 0 aromatic carbocycles. The van der Waals surface area contributed by atoms with Crippen LogP contribution in [0.5, 0.6) is 0 Å². The first kappa shape index (κ1) is 12.5. The van der Waals surface area contributed by atoms with Crippen molar-refractivity contribution in [1.29, 1.82) is 0 Å². The quantitative estimate of drug-likeness (QED) is 0.722. The van der Waals surface area contributed by atoms with Crippen molar-refractivity contribution in [3.8, 4) is 0 Å². The van der Waals surface area contributed by atoms with Crippen LogP contribution >= 0.6 is 0 Å². The Morgan fingerprint density at radius 2 is 2.29 bits per heavy atom. The van der Waals surface area contributed by atoms with Crippen LogP contribution in [-0.2, 0) is 13.1 Å². The van der Waals surface area contributed by atoms with Gasteiger partial charge in [0, 0.05) is 31.7 Å². The standard InChI is InChI=1S/C11H21N5O/c1-9(2)13-10(7-17)5-15-3-4-16-8-12-14-11(16)6-15/h8-10,13,17H,3-7H2,1-2H3. The molecule has 2 heterocycles. The highest BCUT2D eigenvalue weighted by Gasteiger charge is 2.20. The maximum Gasteiger partial charge on any atom is 0.147 e. The molecule has 6 heteroatoms. The molecule has 1 aromatic rings. The molecule has 6 nitrogen and oxygen atoms in total. The Hall–Kier alpha value is -0.980. The van der Waals surface area contributed by atoms with Gasteiger partial charge >= 0.3 is 0 Å². The van der Waals surface area contributed by atoms with Crippen LogP contribution in [-0.4, -0.2) is 56.6 Å². The number of nitrogens with zero attached hydrogens (tertiary/aromatic N) is 4. The third-order valence-electron chi connectivity index (χ3n) is 2.99. The molecular weight excluding hydrogens is 218 g/mol. The van der Waals surface area contributed by atoms with Gasteiger partial charge in [-0.05, 0) is 0 Å². The van der Waals surface area contributed by atoms with Crippen molar-refractivity contribution >= 4 is 0 Å². The van der Waals surface area contributed by atoms with Crippen molar-refractivity contribution in [2.24, 2.45) is 0 Å². The highest BCUT2D eigenvalue weighted by Crippen LogP contribution is 2.09. The Balaban J connectivity index is 1.88. The van der Waals surface area contributed by atoms with E-state index in [2.05, 4.69) is 38.8 Å². The Morgan fingerprint density at radius 1 is 1.47 bits per heavy atom. The molecule has 0 bridgehead atoms. The summed E-state index contributed by atoms with van der Waals surface area (Å²) >= 11 is 0. The van der Waals surface area contributed by atoms with Gasteiger partial charge in [0.25, 0.3) is 0 Å². The van der Waals surface area contributed by atoms with Crippen LogP contribution in [0.3, 0.4) is 0 Å². The van der Waals surface area contributed by atoms with E-state index in [1.165, 1.54) is 0 Å². The smallest absolute Gasteiger partial charge is 0.147 e. The lowest BCUT2D eigenvalue weighted by Crippen LogP contribution is -2.47. The average molecular weight is 239 g/mol. The van der Waals surface area contributed by atoms with Crippen molar-refractivity contribution in [2.45, 2.75) is 39.0 Å². The van der Waals surface area contributed by atoms with Gasteiger partial charge in [0.05, 0.1) is 13.2 Å². The number of rotatable bonds is 5. The average Bonchev–Trinajstić information content (AvgIpc) is 2.74. The summed E-state index contributed by atoms with van der Waals surface area (Å²) < 4.78 is 2.08. The summed E-state index contributed by atoms with van der Waals surface area (Å²) in [5, 5.41) is 20.7. The minimum Gasteiger partial charge on any atom is -0.395 e. The van der Waals surface area contributed by atoms with Crippen LogP contribution in [0.1, 0.15) is 19.7 Å². The Labute approximate surface area is 102 Å². The molecule has 0 aliphatic carbocycles. The first-order valence-corrected chi connectivity index (χ1v) is 6.15. The van der Waals surface area contributed by atoms with Crippen LogP contribution in [0.2, 0.25) is 0 Å². The minimum absolute atomic E-state index is 0.129. The highest BCUT2D eigenvalue weighted by molar-refractivity contribution is 4.90. The second kappa shape index (κ2) is 5.57. The van der Waals surface area contributed by atoms with Crippen LogP contribution in [0.25, 0.3) is 0 Å². The van der Waals surface area contributed by atoms with Crippen molar-refractivity contribution in [3.63, 3.8) is 0 Å². The second-order valence-electron chi connectivity index (χ2n) is 4.88. The predicted octanol–water partition coefficient (Wildman–Crippen LogP) is -0.547. The number of aromatic nitrogens is 3. The lowest BCUT2D eigenvalue weighted by Gasteiger charge is -2.31. The summed E-state index contributed by atoms with van der Waals surface area (Å²) in [6.45, 7) is 7.94. The van der Waals surface area contributed by atoms with Gasteiger partial charge in [0.1, 0.15) is 12.2 Å². The van der Waals surface area contributed by atoms with E-state index in [0.29, 0.717) is 6.04 Å². The number of aliphatic hydroxyl groups excluding tert-OH is 1.